The molecule has 2 aromatic carbocycles. The Hall–Kier alpha value is -3.59. The Labute approximate surface area is 193 Å². The number of rotatable bonds is 9. The molecule has 2 aromatic rings. The summed E-state index contributed by atoms with van der Waals surface area (Å²) in [6.45, 7) is 5.86. The fourth-order valence-electron chi connectivity index (χ4n) is 3.14. The van der Waals surface area contributed by atoms with Gasteiger partial charge < -0.3 is 23.8 Å². The van der Waals surface area contributed by atoms with Crippen LogP contribution in [0.2, 0.25) is 0 Å². The topological polar surface area (TPSA) is 98.7 Å². The van der Waals surface area contributed by atoms with E-state index in [1.807, 2.05) is 32.0 Å². The van der Waals surface area contributed by atoms with Crippen LogP contribution in [0.5, 0.6) is 17.2 Å². The summed E-state index contributed by atoms with van der Waals surface area (Å²) in [6, 6.07) is 11.0. The molecule has 0 radical (unpaired) electrons. The van der Waals surface area contributed by atoms with Crippen molar-refractivity contribution in [2.75, 3.05) is 46.6 Å². The molecule has 176 valence electrons. The van der Waals surface area contributed by atoms with Crippen LogP contribution in [-0.2, 0) is 14.3 Å². The minimum absolute atomic E-state index is 0.0831. The maximum absolute atomic E-state index is 12.3. The number of carbonyl (C=O) groups excluding carboxylic acids is 2. The van der Waals surface area contributed by atoms with Gasteiger partial charge in [0, 0.05) is 13.1 Å². The predicted molar refractivity (Wildman–Crippen MR) is 123 cm³/mol. The van der Waals surface area contributed by atoms with Crippen molar-refractivity contribution < 1.29 is 28.5 Å². The van der Waals surface area contributed by atoms with Crippen molar-refractivity contribution in [2.24, 2.45) is 5.10 Å². The number of nitrogens with zero attached hydrogens (tertiary/aromatic N) is 2. The molecule has 0 aliphatic carbocycles. The predicted octanol–water partition coefficient (Wildman–Crippen LogP) is 2.08. The third kappa shape index (κ3) is 7.21. The second kappa shape index (κ2) is 11.9. The number of carbonyl (C=O) groups is 2. The highest BCUT2D eigenvalue weighted by Gasteiger charge is 2.18. The Morgan fingerprint density at radius 3 is 2.55 bits per heavy atom. The van der Waals surface area contributed by atoms with Crippen LogP contribution in [0.15, 0.2) is 41.5 Å². The van der Waals surface area contributed by atoms with E-state index in [0.717, 1.165) is 11.1 Å². The van der Waals surface area contributed by atoms with Crippen LogP contribution in [0.4, 0.5) is 0 Å². The molecule has 1 heterocycles. The molecule has 1 N–H and O–H groups in total. The summed E-state index contributed by atoms with van der Waals surface area (Å²) in [6.07, 6.45) is 1.49. The zero-order chi connectivity index (χ0) is 23.6. The van der Waals surface area contributed by atoms with Gasteiger partial charge in [-0.1, -0.05) is 12.1 Å². The van der Waals surface area contributed by atoms with E-state index in [4.69, 9.17) is 18.9 Å². The van der Waals surface area contributed by atoms with Gasteiger partial charge in [-0.2, -0.15) is 5.10 Å². The second-order valence-electron chi connectivity index (χ2n) is 7.54. The van der Waals surface area contributed by atoms with Gasteiger partial charge in [0.25, 0.3) is 11.8 Å². The Bertz CT molecular complexity index is 1000. The lowest BCUT2D eigenvalue weighted by atomic mass is 10.1. The van der Waals surface area contributed by atoms with Gasteiger partial charge in [-0.15, -0.1) is 0 Å². The molecular weight excluding hydrogens is 426 g/mol. The second-order valence-corrected chi connectivity index (χ2v) is 7.54. The van der Waals surface area contributed by atoms with Gasteiger partial charge in [0.1, 0.15) is 5.75 Å². The molecule has 0 aromatic heterocycles. The molecule has 0 saturated carbocycles. The lowest BCUT2D eigenvalue weighted by Crippen LogP contribution is -2.43. The Balaban J connectivity index is 1.49. The minimum Gasteiger partial charge on any atom is -0.493 e. The van der Waals surface area contributed by atoms with Crippen LogP contribution in [0, 0.1) is 13.8 Å². The molecule has 1 saturated heterocycles. The normalized spacial score (nSPS) is 13.6. The number of morpholine rings is 1. The van der Waals surface area contributed by atoms with E-state index in [9.17, 15) is 9.59 Å². The van der Waals surface area contributed by atoms with Crippen LogP contribution in [0.3, 0.4) is 0 Å². The van der Waals surface area contributed by atoms with Crippen LogP contribution in [0.1, 0.15) is 16.7 Å². The molecule has 1 aliphatic rings. The van der Waals surface area contributed by atoms with Gasteiger partial charge in [-0.05, 0) is 54.8 Å². The van der Waals surface area contributed by atoms with Crippen LogP contribution < -0.4 is 19.6 Å². The number of hydrazone groups is 1. The van der Waals surface area contributed by atoms with Crippen molar-refractivity contribution in [2.45, 2.75) is 13.8 Å². The summed E-state index contributed by atoms with van der Waals surface area (Å²) in [7, 11) is 1.51. The SMILES string of the molecule is COc1cc(/C=N/NC(=O)COc2cc(C)ccc2C)ccc1OCC(=O)N1CCOCC1. The molecule has 0 unspecified atom stereocenters. The lowest BCUT2D eigenvalue weighted by molar-refractivity contribution is -0.137. The first-order valence-electron chi connectivity index (χ1n) is 10.6. The van der Waals surface area contributed by atoms with Gasteiger partial charge >= 0.3 is 0 Å². The number of ether oxygens (including phenoxy) is 4. The van der Waals surface area contributed by atoms with Crippen LogP contribution in [-0.4, -0.2) is 69.6 Å². The molecule has 2 amide bonds. The van der Waals surface area contributed by atoms with Gasteiger partial charge in [-0.25, -0.2) is 5.43 Å². The lowest BCUT2D eigenvalue weighted by Gasteiger charge is -2.26. The zero-order valence-corrected chi connectivity index (χ0v) is 19.1. The molecule has 0 bridgehead atoms. The first-order valence-corrected chi connectivity index (χ1v) is 10.6. The quantitative estimate of drug-likeness (QED) is 0.459. The molecular formula is C24H29N3O6. The summed E-state index contributed by atoms with van der Waals surface area (Å²) < 4.78 is 21.8. The highest BCUT2D eigenvalue weighted by molar-refractivity contribution is 5.84. The Kier molecular flexibility index (Phi) is 8.65. The molecule has 1 aliphatic heterocycles. The van der Waals surface area contributed by atoms with Gasteiger partial charge in [0.15, 0.2) is 24.7 Å². The number of nitrogens with one attached hydrogen (secondary N) is 1. The first-order chi connectivity index (χ1) is 16.0. The molecule has 9 heteroatoms. The van der Waals surface area contributed by atoms with E-state index in [1.165, 1.54) is 13.3 Å². The minimum atomic E-state index is -0.374. The van der Waals surface area contributed by atoms with E-state index in [0.29, 0.717) is 49.1 Å². The third-order valence-corrected chi connectivity index (χ3v) is 5.01. The summed E-state index contributed by atoms with van der Waals surface area (Å²) >= 11 is 0. The number of hydrogen-bond donors (Lipinski definition) is 1. The van der Waals surface area contributed by atoms with Gasteiger partial charge in [0.05, 0.1) is 26.5 Å². The Morgan fingerprint density at radius 2 is 1.79 bits per heavy atom. The summed E-state index contributed by atoms with van der Waals surface area (Å²) in [5.41, 5.74) is 5.14. The highest BCUT2D eigenvalue weighted by atomic mass is 16.5. The van der Waals surface area contributed by atoms with Crippen LogP contribution in [0.25, 0.3) is 0 Å². The number of methoxy groups -OCH3 is 1. The van der Waals surface area contributed by atoms with Crippen molar-refractivity contribution in [3.63, 3.8) is 0 Å². The summed E-state index contributed by atoms with van der Waals surface area (Å²) in [5, 5.41) is 3.96. The number of benzene rings is 2. The standard InChI is InChI=1S/C24H29N3O6/c1-17-4-5-18(2)21(12-17)32-15-23(28)26-25-14-19-6-7-20(22(13-19)30-3)33-16-24(29)27-8-10-31-11-9-27/h4-7,12-14H,8-11,15-16H2,1-3H3,(H,26,28)/b25-14+. The Morgan fingerprint density at radius 1 is 1.03 bits per heavy atom. The van der Waals surface area contributed by atoms with E-state index in [2.05, 4.69) is 10.5 Å². The van der Waals surface area contributed by atoms with Gasteiger partial charge in [-0.3, -0.25) is 9.59 Å². The van der Waals surface area contributed by atoms with E-state index in [1.54, 1.807) is 23.1 Å². The number of amides is 2. The van der Waals surface area contributed by atoms with Crippen molar-refractivity contribution in [1.82, 2.24) is 10.3 Å². The molecule has 9 nitrogen and oxygen atoms in total. The third-order valence-electron chi connectivity index (χ3n) is 5.01. The fraction of sp³-hybridized carbons (Fsp3) is 0.375. The number of hydrogen-bond acceptors (Lipinski definition) is 7. The van der Waals surface area contributed by atoms with Crippen molar-refractivity contribution in [1.29, 1.82) is 0 Å². The van der Waals surface area contributed by atoms with E-state index < -0.39 is 0 Å². The first kappa shape index (κ1) is 24.1. The molecule has 0 atom stereocenters. The van der Waals surface area contributed by atoms with Crippen molar-refractivity contribution in [3.8, 4) is 17.2 Å². The molecule has 33 heavy (non-hydrogen) atoms. The van der Waals surface area contributed by atoms with Gasteiger partial charge in [0.2, 0.25) is 0 Å². The molecule has 0 spiro atoms. The van der Waals surface area contributed by atoms with E-state index in [-0.39, 0.29) is 25.0 Å². The number of aryl methyl sites for hydroxylation is 2. The van der Waals surface area contributed by atoms with Crippen LogP contribution >= 0.6 is 0 Å². The maximum atomic E-state index is 12.3. The monoisotopic (exact) mass is 455 g/mol. The van der Waals surface area contributed by atoms with Crippen molar-refractivity contribution in [3.05, 3.63) is 53.1 Å². The maximum Gasteiger partial charge on any atom is 0.277 e. The molecule has 1 fully saturated rings. The fourth-order valence-corrected chi connectivity index (χ4v) is 3.14. The highest BCUT2D eigenvalue weighted by Crippen LogP contribution is 2.27. The van der Waals surface area contributed by atoms with E-state index >= 15 is 0 Å². The average molecular weight is 456 g/mol. The molecule has 3 rings (SSSR count). The zero-order valence-electron chi connectivity index (χ0n) is 19.1. The largest absolute Gasteiger partial charge is 0.493 e. The smallest absolute Gasteiger partial charge is 0.277 e. The average Bonchev–Trinajstić information content (AvgIpc) is 2.84. The summed E-state index contributed by atoms with van der Waals surface area (Å²) in [4.78, 5) is 26.0. The van der Waals surface area contributed by atoms with Crippen molar-refractivity contribution >= 4 is 18.0 Å². The summed E-state index contributed by atoms with van der Waals surface area (Å²) in [5.74, 6) is 1.10.